The second-order valence-electron chi connectivity index (χ2n) is 3.44. The van der Waals surface area contributed by atoms with Gasteiger partial charge in [-0.05, 0) is 23.6 Å². The van der Waals surface area contributed by atoms with E-state index in [1.165, 1.54) is 16.8 Å². The van der Waals surface area contributed by atoms with Crippen LogP contribution in [-0.2, 0) is 0 Å². The zero-order valence-corrected chi connectivity index (χ0v) is 7.46. The van der Waals surface area contributed by atoms with Crippen molar-refractivity contribution in [3.63, 3.8) is 0 Å². The first kappa shape index (κ1) is 7.41. The first-order valence-electron chi connectivity index (χ1n) is 4.35. The van der Waals surface area contributed by atoms with Crippen LogP contribution in [0.4, 0.5) is 0 Å². The van der Waals surface area contributed by atoms with Crippen LogP contribution in [0.15, 0.2) is 30.5 Å². The van der Waals surface area contributed by atoms with Crippen molar-refractivity contribution in [1.29, 1.82) is 0 Å². The number of H-pyrrole nitrogens is 1. The normalized spacial score (nSPS) is 11.2. The van der Waals surface area contributed by atoms with Crippen molar-refractivity contribution < 1.29 is 0 Å². The maximum atomic E-state index is 3.23. The molecular formula is C11H13N. The first-order valence-corrected chi connectivity index (χ1v) is 4.35. The number of aromatic amines is 1. The predicted octanol–water partition coefficient (Wildman–Crippen LogP) is 3.24. The molecule has 1 heterocycles. The summed E-state index contributed by atoms with van der Waals surface area (Å²) in [4.78, 5) is 3.23. The Labute approximate surface area is 72.8 Å². The van der Waals surface area contributed by atoms with E-state index in [0.29, 0.717) is 5.92 Å². The Morgan fingerprint density at radius 2 is 2.00 bits per heavy atom. The summed E-state index contributed by atoms with van der Waals surface area (Å²) in [5, 5.41) is 0. The van der Waals surface area contributed by atoms with E-state index in [0.717, 1.165) is 0 Å². The van der Waals surface area contributed by atoms with Gasteiger partial charge in [-0.25, -0.2) is 0 Å². The molecular weight excluding hydrogens is 146 g/mol. The van der Waals surface area contributed by atoms with Gasteiger partial charge in [0.15, 0.2) is 0 Å². The molecule has 1 heteroatoms. The lowest BCUT2D eigenvalue weighted by Gasteiger charge is -2.06. The summed E-state index contributed by atoms with van der Waals surface area (Å²) < 4.78 is 0. The fourth-order valence-electron chi connectivity index (χ4n) is 1.61. The Balaban J connectivity index is 2.60. The van der Waals surface area contributed by atoms with Crippen molar-refractivity contribution in [2.45, 2.75) is 19.8 Å². The summed E-state index contributed by atoms with van der Waals surface area (Å²) >= 11 is 0. The van der Waals surface area contributed by atoms with Gasteiger partial charge in [-0.15, -0.1) is 0 Å². The monoisotopic (exact) mass is 159 g/mol. The smallest absolute Gasteiger partial charge is 0.0456 e. The molecule has 0 fully saturated rings. The van der Waals surface area contributed by atoms with E-state index in [1.807, 2.05) is 12.3 Å². The topological polar surface area (TPSA) is 15.8 Å². The first-order chi connectivity index (χ1) is 5.79. The molecule has 0 amide bonds. The number of hydrogen-bond donors (Lipinski definition) is 1. The molecule has 0 bridgehead atoms. The second kappa shape index (κ2) is 2.67. The molecule has 1 aliphatic carbocycles. The summed E-state index contributed by atoms with van der Waals surface area (Å²) in [6, 6.07) is 8.56. The number of fused-ring (bicyclic) bond motifs is 1. The van der Waals surface area contributed by atoms with Crippen molar-refractivity contribution >= 4 is 0 Å². The van der Waals surface area contributed by atoms with E-state index in [-0.39, 0.29) is 0 Å². The number of nitrogens with one attached hydrogen (secondary N) is 1. The molecule has 2 aliphatic rings. The predicted molar refractivity (Wildman–Crippen MR) is 51.5 cm³/mol. The lowest BCUT2D eigenvalue weighted by atomic mass is 10.0. The van der Waals surface area contributed by atoms with E-state index in [9.17, 15) is 0 Å². The highest BCUT2D eigenvalue weighted by Crippen LogP contribution is 2.30. The Morgan fingerprint density at radius 1 is 1.17 bits per heavy atom. The maximum Gasteiger partial charge on any atom is 0.0456 e. The summed E-state index contributed by atoms with van der Waals surface area (Å²) in [5.74, 6) is 0.610. The lowest BCUT2D eigenvalue weighted by Crippen LogP contribution is -1.87. The van der Waals surface area contributed by atoms with Gasteiger partial charge in [-0.3, -0.25) is 0 Å². The Hall–Kier alpha value is -1.24. The largest absolute Gasteiger partial charge is 0.361 e. The van der Waals surface area contributed by atoms with E-state index in [2.05, 4.69) is 37.0 Å². The van der Waals surface area contributed by atoms with E-state index >= 15 is 0 Å². The third-order valence-corrected chi connectivity index (χ3v) is 2.25. The number of pyridine rings is 1. The van der Waals surface area contributed by atoms with Crippen molar-refractivity contribution in [1.82, 2.24) is 4.98 Å². The molecule has 0 aromatic carbocycles. The molecule has 0 aromatic rings. The molecule has 0 unspecified atom stereocenters. The van der Waals surface area contributed by atoms with Crippen molar-refractivity contribution in [2.75, 3.05) is 0 Å². The van der Waals surface area contributed by atoms with E-state index in [4.69, 9.17) is 0 Å². The van der Waals surface area contributed by atoms with Gasteiger partial charge in [0, 0.05) is 17.5 Å². The number of rotatable bonds is 1. The van der Waals surface area contributed by atoms with E-state index < -0.39 is 0 Å². The van der Waals surface area contributed by atoms with Crippen LogP contribution in [0, 0.1) is 0 Å². The fourth-order valence-corrected chi connectivity index (χ4v) is 1.61. The molecule has 0 saturated heterocycles. The van der Waals surface area contributed by atoms with Gasteiger partial charge < -0.3 is 4.98 Å². The highest BCUT2D eigenvalue weighted by atomic mass is 14.7. The average molecular weight is 159 g/mol. The molecule has 0 aromatic heterocycles. The van der Waals surface area contributed by atoms with Crippen LogP contribution in [0.2, 0.25) is 0 Å². The van der Waals surface area contributed by atoms with Crippen LogP contribution in [0.1, 0.15) is 25.3 Å². The molecule has 12 heavy (non-hydrogen) atoms. The molecule has 1 N–H and O–H groups in total. The molecule has 0 saturated carbocycles. The zero-order chi connectivity index (χ0) is 8.55. The number of aromatic nitrogens is 1. The second-order valence-corrected chi connectivity index (χ2v) is 3.44. The number of hydrogen-bond acceptors (Lipinski definition) is 0. The van der Waals surface area contributed by atoms with Crippen LogP contribution in [0.3, 0.4) is 0 Å². The SMILES string of the molecule is CC(C)c1ccc2[nH]cccc1-2. The zero-order valence-electron chi connectivity index (χ0n) is 7.46. The lowest BCUT2D eigenvalue weighted by molar-refractivity contribution is 0.873. The van der Waals surface area contributed by atoms with Crippen LogP contribution in [-0.4, -0.2) is 4.98 Å². The fraction of sp³-hybridized carbons (Fsp3) is 0.273. The molecule has 1 aliphatic heterocycles. The van der Waals surface area contributed by atoms with Crippen LogP contribution >= 0.6 is 0 Å². The molecule has 2 rings (SSSR count). The van der Waals surface area contributed by atoms with Crippen molar-refractivity contribution in [3.05, 3.63) is 36.0 Å². The maximum absolute atomic E-state index is 3.23. The Bertz CT molecular complexity index is 346. The molecule has 0 spiro atoms. The minimum Gasteiger partial charge on any atom is -0.361 e. The highest BCUT2D eigenvalue weighted by Gasteiger charge is 2.10. The third-order valence-electron chi connectivity index (χ3n) is 2.25. The van der Waals surface area contributed by atoms with Gasteiger partial charge in [-0.1, -0.05) is 26.0 Å². The van der Waals surface area contributed by atoms with Crippen LogP contribution < -0.4 is 0 Å². The summed E-state index contributed by atoms with van der Waals surface area (Å²) in [6.45, 7) is 4.45. The van der Waals surface area contributed by atoms with Gasteiger partial charge in [-0.2, -0.15) is 0 Å². The molecule has 1 nitrogen and oxygen atoms in total. The van der Waals surface area contributed by atoms with Crippen LogP contribution in [0.25, 0.3) is 11.3 Å². The van der Waals surface area contributed by atoms with Crippen molar-refractivity contribution in [3.8, 4) is 11.3 Å². The Morgan fingerprint density at radius 3 is 2.75 bits per heavy atom. The molecule has 0 atom stereocenters. The van der Waals surface area contributed by atoms with Crippen molar-refractivity contribution in [2.24, 2.45) is 0 Å². The van der Waals surface area contributed by atoms with E-state index in [1.54, 1.807) is 0 Å². The van der Waals surface area contributed by atoms with Gasteiger partial charge in [0.1, 0.15) is 0 Å². The quantitative estimate of drug-likeness (QED) is 0.657. The van der Waals surface area contributed by atoms with Crippen LogP contribution in [0.5, 0.6) is 0 Å². The minimum absolute atomic E-state index is 0.610. The average Bonchev–Trinajstić information content (AvgIpc) is 2.47. The third kappa shape index (κ3) is 1.02. The summed E-state index contributed by atoms with van der Waals surface area (Å²) in [6.07, 6.45) is 1.96. The minimum atomic E-state index is 0.610. The van der Waals surface area contributed by atoms with Gasteiger partial charge in [0.05, 0.1) is 0 Å². The van der Waals surface area contributed by atoms with Gasteiger partial charge in [0.2, 0.25) is 0 Å². The standard InChI is InChI=1S/C11H13N/c1-8(2)9-5-6-11-10(9)4-3-7-12-11/h3-8,12H,1-2H3. The van der Waals surface area contributed by atoms with Gasteiger partial charge >= 0.3 is 0 Å². The molecule has 62 valence electrons. The summed E-state index contributed by atoms with van der Waals surface area (Å²) in [7, 11) is 0. The highest BCUT2D eigenvalue weighted by molar-refractivity contribution is 5.67. The molecule has 0 radical (unpaired) electrons. The van der Waals surface area contributed by atoms with Gasteiger partial charge in [0.25, 0.3) is 0 Å². The Kier molecular flexibility index (Phi) is 1.65. The summed E-state index contributed by atoms with van der Waals surface area (Å²) in [5.41, 5.74) is 4.02.